The molecule has 4 unspecified atom stereocenters. The molecule has 1 saturated heterocycles. The fraction of sp³-hybridized carbons (Fsp3) is 0.579. The third kappa shape index (κ3) is 2.78. The molecule has 5 nitrogen and oxygen atoms in total. The second-order valence-electron chi connectivity index (χ2n) is 7.65. The molecule has 0 aromatic heterocycles. The number of benzene rings is 1. The lowest BCUT2D eigenvalue weighted by molar-refractivity contribution is -0.139. The Labute approximate surface area is 151 Å². The molecule has 3 aliphatic rings. The van der Waals surface area contributed by atoms with Crippen LogP contribution in [0, 0.1) is 29.4 Å². The van der Waals surface area contributed by atoms with Crippen molar-refractivity contribution in [1.29, 1.82) is 0 Å². The summed E-state index contributed by atoms with van der Waals surface area (Å²) < 4.78 is 27.7. The Kier molecular flexibility index (Phi) is 4.42. The zero-order valence-corrected chi connectivity index (χ0v) is 14.5. The average molecular weight is 363 g/mol. The second-order valence-corrected chi connectivity index (χ2v) is 7.65. The topological polar surface area (TPSA) is 66.6 Å². The molecule has 0 spiro atoms. The Hall–Kier alpha value is -2.02. The zero-order valence-electron chi connectivity index (χ0n) is 14.5. The van der Waals surface area contributed by atoms with E-state index in [9.17, 15) is 18.4 Å². The molecule has 2 N–H and O–H groups in total. The highest BCUT2D eigenvalue weighted by atomic mass is 19.1. The number of nitrogens with zero attached hydrogens (tertiary/aromatic N) is 2. The van der Waals surface area contributed by atoms with Crippen LogP contribution in [0.1, 0.15) is 29.6 Å². The lowest BCUT2D eigenvalue weighted by atomic mass is 9.84. The van der Waals surface area contributed by atoms with Crippen LogP contribution in [0.5, 0.6) is 0 Å². The van der Waals surface area contributed by atoms with Gasteiger partial charge in [0.25, 0.3) is 5.91 Å². The van der Waals surface area contributed by atoms with Gasteiger partial charge in [-0.05, 0) is 43.2 Å². The van der Waals surface area contributed by atoms with Crippen LogP contribution in [-0.2, 0) is 4.79 Å². The number of fused-ring (bicyclic) bond motifs is 2. The van der Waals surface area contributed by atoms with Gasteiger partial charge in [-0.25, -0.2) is 8.78 Å². The molecule has 2 amide bonds. The summed E-state index contributed by atoms with van der Waals surface area (Å²) in [6.07, 6.45) is 3.23. The quantitative estimate of drug-likeness (QED) is 0.868. The van der Waals surface area contributed by atoms with Crippen LogP contribution in [0.25, 0.3) is 0 Å². The zero-order chi connectivity index (χ0) is 18.4. The van der Waals surface area contributed by atoms with Gasteiger partial charge in [-0.1, -0.05) is 6.07 Å². The summed E-state index contributed by atoms with van der Waals surface area (Å²) in [5.41, 5.74) is 5.74. The molecule has 2 aliphatic carbocycles. The van der Waals surface area contributed by atoms with Crippen molar-refractivity contribution in [3.05, 3.63) is 35.4 Å². The first-order valence-electron chi connectivity index (χ1n) is 9.25. The number of carbonyl (C=O) groups is 2. The van der Waals surface area contributed by atoms with Gasteiger partial charge < -0.3 is 15.5 Å². The largest absolute Gasteiger partial charge is 0.339 e. The molecule has 140 valence electrons. The minimum atomic E-state index is -0.860. The lowest BCUT2D eigenvalue weighted by Crippen LogP contribution is -2.55. The summed E-state index contributed by atoms with van der Waals surface area (Å²) in [6.45, 7) is 1.30. The van der Waals surface area contributed by atoms with E-state index in [1.165, 1.54) is 11.0 Å². The summed E-state index contributed by atoms with van der Waals surface area (Å²) in [5, 5.41) is 0. The molecular formula is C19H23F2N3O2. The summed E-state index contributed by atoms with van der Waals surface area (Å²) >= 11 is 0. The Morgan fingerprint density at radius 3 is 2.12 bits per heavy atom. The van der Waals surface area contributed by atoms with Crippen LogP contribution in [0.3, 0.4) is 0 Å². The SMILES string of the molecule is NC1C2CCC(C2)C1C(=O)N1CCN(C(=O)c2c(F)cccc2F)CC1. The molecule has 1 aromatic rings. The van der Waals surface area contributed by atoms with Gasteiger partial charge in [0, 0.05) is 32.2 Å². The molecule has 7 heteroatoms. The number of hydrogen-bond donors (Lipinski definition) is 1. The van der Waals surface area contributed by atoms with Crippen molar-refractivity contribution in [2.75, 3.05) is 26.2 Å². The van der Waals surface area contributed by atoms with Gasteiger partial charge in [0.2, 0.25) is 5.91 Å². The number of carbonyl (C=O) groups excluding carboxylic acids is 2. The summed E-state index contributed by atoms with van der Waals surface area (Å²) in [5.74, 6) is -1.57. The van der Waals surface area contributed by atoms with Crippen molar-refractivity contribution < 1.29 is 18.4 Å². The maximum Gasteiger partial charge on any atom is 0.259 e. The molecule has 1 aromatic carbocycles. The van der Waals surface area contributed by atoms with Gasteiger partial charge in [-0.2, -0.15) is 0 Å². The average Bonchev–Trinajstić information content (AvgIpc) is 3.22. The van der Waals surface area contributed by atoms with E-state index in [4.69, 9.17) is 5.73 Å². The Bertz CT molecular complexity index is 711. The van der Waals surface area contributed by atoms with Crippen molar-refractivity contribution >= 4 is 11.8 Å². The maximum atomic E-state index is 13.8. The first-order chi connectivity index (χ1) is 12.5. The van der Waals surface area contributed by atoms with E-state index in [1.807, 2.05) is 0 Å². The van der Waals surface area contributed by atoms with E-state index in [0.717, 1.165) is 31.4 Å². The molecule has 3 fully saturated rings. The van der Waals surface area contributed by atoms with E-state index in [1.54, 1.807) is 4.90 Å². The molecule has 1 heterocycles. The summed E-state index contributed by atoms with van der Waals surface area (Å²) in [7, 11) is 0. The monoisotopic (exact) mass is 363 g/mol. The Morgan fingerprint density at radius 1 is 0.962 bits per heavy atom. The van der Waals surface area contributed by atoms with Crippen molar-refractivity contribution in [3.8, 4) is 0 Å². The van der Waals surface area contributed by atoms with Crippen LogP contribution in [0.4, 0.5) is 8.78 Å². The van der Waals surface area contributed by atoms with Gasteiger partial charge in [0.05, 0.1) is 5.92 Å². The molecule has 4 atom stereocenters. The third-order valence-electron chi connectivity index (χ3n) is 6.32. The van der Waals surface area contributed by atoms with Crippen LogP contribution in [0.15, 0.2) is 18.2 Å². The van der Waals surface area contributed by atoms with Crippen molar-refractivity contribution in [3.63, 3.8) is 0 Å². The normalized spacial score (nSPS) is 30.7. The number of hydrogen-bond acceptors (Lipinski definition) is 3. The van der Waals surface area contributed by atoms with Crippen molar-refractivity contribution in [2.45, 2.75) is 25.3 Å². The fourth-order valence-corrected chi connectivity index (χ4v) is 4.90. The lowest BCUT2D eigenvalue weighted by Gasteiger charge is -2.38. The summed E-state index contributed by atoms with van der Waals surface area (Å²) in [4.78, 5) is 28.5. The van der Waals surface area contributed by atoms with E-state index < -0.39 is 23.1 Å². The van der Waals surface area contributed by atoms with Crippen LogP contribution >= 0.6 is 0 Å². The standard InChI is InChI=1S/C19H23F2N3O2/c20-13-2-1-3-14(21)16(13)19(26)24-8-6-23(7-9-24)18(25)15-11-4-5-12(10-11)17(15)22/h1-3,11-12,15,17H,4-10,22H2. The van der Waals surface area contributed by atoms with E-state index >= 15 is 0 Å². The second kappa shape index (κ2) is 6.61. The van der Waals surface area contributed by atoms with Crippen LogP contribution in [-0.4, -0.2) is 53.8 Å². The van der Waals surface area contributed by atoms with E-state index in [0.29, 0.717) is 24.9 Å². The van der Waals surface area contributed by atoms with Crippen LogP contribution < -0.4 is 5.73 Å². The predicted octanol–water partition coefficient (Wildman–Crippen LogP) is 1.62. The first kappa shape index (κ1) is 17.4. The third-order valence-corrected chi connectivity index (χ3v) is 6.32. The Balaban J connectivity index is 1.40. The summed E-state index contributed by atoms with van der Waals surface area (Å²) in [6, 6.07) is 3.32. The highest BCUT2D eigenvalue weighted by molar-refractivity contribution is 5.95. The molecule has 4 rings (SSSR count). The number of piperazine rings is 1. The fourth-order valence-electron chi connectivity index (χ4n) is 4.90. The molecule has 1 aliphatic heterocycles. The molecule has 0 radical (unpaired) electrons. The van der Waals surface area contributed by atoms with Gasteiger partial charge >= 0.3 is 0 Å². The minimum absolute atomic E-state index is 0.0616. The molecule has 2 saturated carbocycles. The first-order valence-corrected chi connectivity index (χ1v) is 9.25. The van der Waals surface area contributed by atoms with E-state index in [-0.39, 0.29) is 31.0 Å². The van der Waals surface area contributed by atoms with Crippen LogP contribution in [0.2, 0.25) is 0 Å². The van der Waals surface area contributed by atoms with Crippen molar-refractivity contribution in [2.24, 2.45) is 23.5 Å². The van der Waals surface area contributed by atoms with Gasteiger partial charge in [0.15, 0.2) is 0 Å². The molecule has 26 heavy (non-hydrogen) atoms. The van der Waals surface area contributed by atoms with E-state index in [2.05, 4.69) is 0 Å². The Morgan fingerprint density at radius 2 is 1.54 bits per heavy atom. The van der Waals surface area contributed by atoms with Gasteiger partial charge in [-0.15, -0.1) is 0 Å². The van der Waals surface area contributed by atoms with Crippen molar-refractivity contribution in [1.82, 2.24) is 9.80 Å². The van der Waals surface area contributed by atoms with Gasteiger partial charge in [0.1, 0.15) is 17.2 Å². The predicted molar refractivity (Wildman–Crippen MR) is 91.1 cm³/mol. The number of halogens is 2. The minimum Gasteiger partial charge on any atom is -0.339 e. The molecule has 2 bridgehead atoms. The number of amides is 2. The highest BCUT2D eigenvalue weighted by Crippen LogP contribution is 2.48. The van der Waals surface area contributed by atoms with Gasteiger partial charge in [-0.3, -0.25) is 9.59 Å². The number of rotatable bonds is 2. The smallest absolute Gasteiger partial charge is 0.259 e. The number of nitrogens with two attached hydrogens (primary N) is 1. The molecular weight excluding hydrogens is 340 g/mol. The highest BCUT2D eigenvalue weighted by Gasteiger charge is 2.50. The maximum absolute atomic E-state index is 13.8.